The van der Waals surface area contributed by atoms with Gasteiger partial charge < -0.3 is 17.1 Å². The number of hydrogen-bond donors (Lipinski definition) is 3. The number of carbonyl (C=O) groups is 2. The second-order valence-electron chi connectivity index (χ2n) is 4.21. The molecule has 0 aliphatic carbocycles. The van der Waals surface area contributed by atoms with E-state index in [0.717, 1.165) is 6.42 Å². The van der Waals surface area contributed by atoms with Crippen LogP contribution in [0.1, 0.15) is 51.9 Å². The van der Waals surface area contributed by atoms with Gasteiger partial charge in [0.1, 0.15) is 0 Å². The maximum absolute atomic E-state index is 10.2. The molecule has 0 saturated heterocycles. The van der Waals surface area contributed by atoms with E-state index in [0.29, 0.717) is 0 Å². The first-order valence-corrected chi connectivity index (χ1v) is 7.87. The van der Waals surface area contributed by atoms with Crippen LogP contribution in [0, 0.1) is 6.92 Å². The second kappa shape index (κ2) is 14.8. The van der Waals surface area contributed by atoms with E-state index >= 15 is 0 Å². The zero-order valence-corrected chi connectivity index (χ0v) is 15.4. The molecule has 9 heteroatoms. The van der Waals surface area contributed by atoms with Gasteiger partial charge in [0.25, 0.3) is 10.1 Å². The quantitative estimate of drug-likeness (QED) is 0.213. The van der Waals surface area contributed by atoms with Crippen molar-refractivity contribution >= 4 is 22.1 Å². The molecule has 3 N–H and O–H groups in total. The van der Waals surface area contributed by atoms with Crippen molar-refractivity contribution in [3.8, 4) is 0 Å². The molecule has 0 aromatic heterocycles. The number of hydrogen-bond acceptors (Lipinski definition) is 4. The van der Waals surface area contributed by atoms with E-state index in [-0.39, 0.29) is 29.6 Å². The van der Waals surface area contributed by atoms with Crippen LogP contribution < -0.4 is 29.6 Å². The summed E-state index contributed by atoms with van der Waals surface area (Å²) in [7, 11) is -4.84. The molecule has 1 atom stereocenters. The summed E-state index contributed by atoms with van der Waals surface area (Å²) < 4.78 is 28.7. The van der Waals surface area contributed by atoms with Gasteiger partial charge in [-0.25, -0.2) is 0 Å². The molecule has 7 nitrogen and oxygen atoms in total. The van der Waals surface area contributed by atoms with Crippen LogP contribution in [0.15, 0.2) is 0 Å². The molecule has 21 heavy (non-hydrogen) atoms. The van der Waals surface area contributed by atoms with Gasteiger partial charge in [0.2, 0.25) is 0 Å². The molecule has 0 rings (SSSR count). The van der Waals surface area contributed by atoms with E-state index in [1.54, 1.807) is 0 Å². The van der Waals surface area contributed by atoms with Gasteiger partial charge in [0.05, 0.1) is 6.42 Å². The maximum atomic E-state index is 10.2. The topological polar surface area (TPSA) is 129 Å². The van der Waals surface area contributed by atoms with Gasteiger partial charge in [0, 0.05) is 0 Å². The Hall–Kier alpha value is -0.150. The summed E-state index contributed by atoms with van der Waals surface area (Å²) >= 11 is 0. The van der Waals surface area contributed by atoms with Crippen molar-refractivity contribution in [1.29, 1.82) is 0 Å². The van der Waals surface area contributed by atoms with Crippen LogP contribution in [0.5, 0.6) is 0 Å². The Labute approximate surface area is 148 Å². The molecule has 0 amide bonds. The van der Waals surface area contributed by atoms with Crippen molar-refractivity contribution < 1.29 is 62.3 Å². The average molecular weight is 334 g/mol. The molecule has 0 aromatic rings. The van der Waals surface area contributed by atoms with Gasteiger partial charge in [-0.1, -0.05) is 39.0 Å². The summed E-state index contributed by atoms with van der Waals surface area (Å²) in [4.78, 5) is 20.0. The molecular formula is C12H23NaO7S. The van der Waals surface area contributed by atoms with E-state index in [1.165, 1.54) is 32.1 Å². The monoisotopic (exact) mass is 334 g/mol. The molecule has 0 bridgehead atoms. The minimum atomic E-state index is -4.84. The van der Waals surface area contributed by atoms with Gasteiger partial charge in [0.15, 0.2) is 5.25 Å². The third kappa shape index (κ3) is 17.8. The Balaban J connectivity index is -0.000000317. The molecule has 0 fully saturated rings. The van der Waals surface area contributed by atoms with Crippen LogP contribution in [0.3, 0.4) is 0 Å². The second-order valence-corrected chi connectivity index (χ2v) is 5.81. The molecular weight excluding hydrogens is 311 g/mol. The summed E-state index contributed by atoms with van der Waals surface area (Å²) in [6.07, 6.45) is 6.82. The Bertz CT molecular complexity index is 375. The molecule has 1 unspecified atom stereocenters. The van der Waals surface area contributed by atoms with Crippen molar-refractivity contribution in [1.82, 2.24) is 0 Å². The third-order valence-corrected chi connectivity index (χ3v) is 3.44. The summed E-state index contributed by atoms with van der Waals surface area (Å²) in [5.74, 6) is -3.50. The molecule has 0 heterocycles. The van der Waals surface area contributed by atoms with E-state index in [1.807, 2.05) is 0 Å². The van der Waals surface area contributed by atoms with E-state index in [9.17, 15) is 18.0 Å². The van der Waals surface area contributed by atoms with Crippen molar-refractivity contribution in [2.75, 3.05) is 0 Å². The smallest absolute Gasteiger partial charge is 0.481 e. The maximum Gasteiger partial charge on any atom is 1.00 e. The van der Waals surface area contributed by atoms with Gasteiger partial charge in [-0.15, -0.1) is 0 Å². The molecule has 0 aliphatic rings. The summed E-state index contributed by atoms with van der Waals surface area (Å²) in [5.41, 5.74) is 0. The van der Waals surface area contributed by atoms with Crippen LogP contribution in [-0.4, -0.2) is 40.4 Å². The summed E-state index contributed by atoms with van der Waals surface area (Å²) in [5, 5.41) is 13.9. The van der Waals surface area contributed by atoms with Crippen LogP contribution >= 0.6 is 0 Å². The third-order valence-electron chi connectivity index (χ3n) is 2.35. The Morgan fingerprint density at radius 1 is 1.10 bits per heavy atom. The van der Waals surface area contributed by atoms with Crippen LogP contribution in [-0.2, 0) is 19.7 Å². The molecule has 0 radical (unpaired) electrons. The zero-order chi connectivity index (χ0) is 16.2. The normalized spacial score (nSPS) is 11.6. The molecule has 120 valence electrons. The summed E-state index contributed by atoms with van der Waals surface area (Å²) in [6, 6.07) is 0. The molecule has 0 aromatic carbocycles. The van der Waals surface area contributed by atoms with E-state index in [2.05, 4.69) is 13.8 Å². The number of carboxylic acid groups (broad SMARTS) is 2. The number of unbranched alkanes of at least 4 members (excludes halogenated alkanes) is 5. The standard InChI is InChI=1S/C8H17.C4H6O7S.Na/c1-3-5-7-8-6-4-2;5-3(6)1-2(4(7)8)12(9,10)11;/h1,3-8H2,2H3;2H,1H2,(H,5,6)(H,7,8)(H,9,10,11);/q-1;;+1. The minimum absolute atomic E-state index is 0. The van der Waals surface area contributed by atoms with E-state index < -0.39 is 33.7 Å². The fourth-order valence-corrected chi connectivity index (χ4v) is 1.87. The first-order valence-electron chi connectivity index (χ1n) is 6.36. The predicted molar refractivity (Wildman–Crippen MR) is 74.0 cm³/mol. The van der Waals surface area contributed by atoms with Crippen molar-refractivity contribution in [2.45, 2.75) is 57.1 Å². The van der Waals surface area contributed by atoms with Gasteiger partial charge in [-0.3, -0.25) is 14.1 Å². The van der Waals surface area contributed by atoms with Crippen LogP contribution in [0.4, 0.5) is 0 Å². The zero-order valence-electron chi connectivity index (χ0n) is 12.6. The van der Waals surface area contributed by atoms with E-state index in [4.69, 9.17) is 14.8 Å². The first kappa shape index (κ1) is 25.8. The summed E-state index contributed by atoms with van der Waals surface area (Å²) in [6.45, 7) is 6.02. The molecule has 0 spiro atoms. The van der Waals surface area contributed by atoms with Gasteiger partial charge in [-0.05, 0) is 0 Å². The number of aliphatic carboxylic acids is 2. The SMILES string of the molecule is O=C(O)CC(C(=O)O)S(=O)(=O)O.[CH2-]CCCCCCC.[Na+]. The molecule has 0 saturated carbocycles. The predicted octanol–water partition coefficient (Wildman–Crippen LogP) is -1.01. The Morgan fingerprint density at radius 2 is 1.57 bits per heavy atom. The molecule has 0 aliphatic heterocycles. The van der Waals surface area contributed by atoms with Gasteiger partial charge >= 0.3 is 41.5 Å². The van der Waals surface area contributed by atoms with Crippen LogP contribution in [0.25, 0.3) is 0 Å². The van der Waals surface area contributed by atoms with Crippen molar-refractivity contribution in [3.63, 3.8) is 0 Å². The van der Waals surface area contributed by atoms with Crippen molar-refractivity contribution in [3.05, 3.63) is 6.92 Å². The fourth-order valence-electron chi connectivity index (χ4n) is 1.26. The number of rotatable bonds is 9. The van der Waals surface area contributed by atoms with Crippen LogP contribution in [0.2, 0.25) is 0 Å². The largest absolute Gasteiger partial charge is 1.00 e. The van der Waals surface area contributed by atoms with Crippen molar-refractivity contribution in [2.24, 2.45) is 0 Å². The first-order chi connectivity index (χ1) is 9.16. The van der Waals surface area contributed by atoms with Gasteiger partial charge in [-0.2, -0.15) is 14.8 Å². The minimum Gasteiger partial charge on any atom is -0.481 e. The average Bonchev–Trinajstić information content (AvgIpc) is 2.31. The Morgan fingerprint density at radius 3 is 1.81 bits per heavy atom. The number of carboxylic acids is 2. The fraction of sp³-hybridized carbons (Fsp3) is 0.750. The Kier molecular flexibility index (Phi) is 18.1.